The highest BCUT2D eigenvalue weighted by Gasteiger charge is 2.25. The van der Waals surface area contributed by atoms with E-state index in [1.807, 2.05) is 29.2 Å². The quantitative estimate of drug-likeness (QED) is 0.898. The Morgan fingerprint density at radius 3 is 2.43 bits per heavy atom. The molecule has 4 nitrogen and oxygen atoms in total. The van der Waals surface area contributed by atoms with Crippen LogP contribution in [0.25, 0.3) is 0 Å². The molecule has 4 heteroatoms. The Hall–Kier alpha value is -1.39. The minimum Gasteiger partial charge on any atom is -0.336 e. The van der Waals surface area contributed by atoms with Crippen LogP contribution < -0.4 is 5.73 Å². The summed E-state index contributed by atoms with van der Waals surface area (Å²) in [5, 5.41) is 0. The Kier molecular flexibility index (Phi) is 5.76. The Balaban J connectivity index is 2.00. The Morgan fingerprint density at radius 2 is 1.86 bits per heavy atom. The maximum Gasteiger partial charge on any atom is 0.254 e. The van der Waals surface area contributed by atoms with Crippen molar-refractivity contribution in [2.45, 2.75) is 32.7 Å². The fraction of sp³-hybridized carbons (Fsp3) is 0.588. The molecule has 1 aliphatic heterocycles. The zero-order chi connectivity index (χ0) is 15.2. The number of piperazine rings is 1. The molecule has 1 aliphatic rings. The van der Waals surface area contributed by atoms with Gasteiger partial charge in [0.05, 0.1) is 0 Å². The van der Waals surface area contributed by atoms with Crippen LogP contribution in [0.1, 0.15) is 36.2 Å². The molecule has 1 unspecified atom stereocenters. The van der Waals surface area contributed by atoms with Crippen molar-refractivity contribution in [1.82, 2.24) is 9.80 Å². The maximum absolute atomic E-state index is 12.7. The lowest BCUT2D eigenvalue weighted by Gasteiger charge is -2.38. The summed E-state index contributed by atoms with van der Waals surface area (Å²) in [5.41, 5.74) is 7.81. The molecule has 0 aromatic heterocycles. The number of aryl methyl sites for hydroxylation is 1. The molecule has 1 saturated heterocycles. The molecule has 0 bridgehead atoms. The van der Waals surface area contributed by atoms with Gasteiger partial charge in [-0.25, -0.2) is 0 Å². The Morgan fingerprint density at radius 1 is 1.19 bits per heavy atom. The van der Waals surface area contributed by atoms with Crippen LogP contribution in [0.5, 0.6) is 0 Å². The zero-order valence-electron chi connectivity index (χ0n) is 13.2. The molecule has 0 spiro atoms. The average Bonchev–Trinajstić information content (AvgIpc) is 2.56. The molecule has 1 amide bonds. The van der Waals surface area contributed by atoms with Crippen LogP contribution in [0.15, 0.2) is 24.3 Å². The van der Waals surface area contributed by atoms with Gasteiger partial charge in [-0.1, -0.05) is 32.0 Å². The number of rotatable bonds is 5. The van der Waals surface area contributed by atoms with Gasteiger partial charge in [-0.05, 0) is 24.5 Å². The van der Waals surface area contributed by atoms with E-state index in [2.05, 4.69) is 18.7 Å². The minimum absolute atomic E-state index is 0.174. The van der Waals surface area contributed by atoms with E-state index in [0.717, 1.165) is 50.1 Å². The lowest BCUT2D eigenvalue weighted by molar-refractivity contribution is 0.0570. The van der Waals surface area contributed by atoms with E-state index in [-0.39, 0.29) is 5.91 Å². The SMILES string of the molecule is CCc1ccccc1C(=O)N1CCN(C(CC)CN)CC1. The Bertz CT molecular complexity index is 463. The van der Waals surface area contributed by atoms with Crippen molar-refractivity contribution < 1.29 is 4.79 Å². The van der Waals surface area contributed by atoms with Crippen molar-refractivity contribution >= 4 is 5.91 Å². The standard InChI is InChI=1S/C17H27N3O/c1-3-14-7-5-6-8-16(14)17(21)20-11-9-19(10-12-20)15(4-2)13-18/h5-8,15H,3-4,9-13,18H2,1-2H3. The van der Waals surface area contributed by atoms with Crippen molar-refractivity contribution in [1.29, 1.82) is 0 Å². The first-order valence-corrected chi connectivity index (χ1v) is 8.02. The molecule has 0 radical (unpaired) electrons. The number of carbonyl (C=O) groups excluding carboxylic acids is 1. The fourth-order valence-electron chi connectivity index (χ4n) is 3.07. The second kappa shape index (κ2) is 7.57. The van der Waals surface area contributed by atoms with Crippen molar-refractivity contribution in [3.8, 4) is 0 Å². The molecule has 1 heterocycles. The Labute approximate surface area is 127 Å². The number of benzene rings is 1. The highest BCUT2D eigenvalue weighted by Crippen LogP contribution is 2.15. The molecular weight excluding hydrogens is 262 g/mol. The summed E-state index contributed by atoms with van der Waals surface area (Å²) < 4.78 is 0. The third-order valence-corrected chi connectivity index (χ3v) is 4.49. The lowest BCUT2D eigenvalue weighted by atomic mass is 10.0. The van der Waals surface area contributed by atoms with Crippen LogP contribution in [0.3, 0.4) is 0 Å². The maximum atomic E-state index is 12.7. The first kappa shape index (κ1) is 16.0. The molecule has 1 aromatic carbocycles. The van der Waals surface area contributed by atoms with Crippen LogP contribution >= 0.6 is 0 Å². The van der Waals surface area contributed by atoms with Gasteiger partial charge in [-0.15, -0.1) is 0 Å². The number of hydrogen-bond donors (Lipinski definition) is 1. The fourth-order valence-corrected chi connectivity index (χ4v) is 3.07. The van der Waals surface area contributed by atoms with E-state index < -0.39 is 0 Å². The molecule has 2 N–H and O–H groups in total. The van der Waals surface area contributed by atoms with Gasteiger partial charge < -0.3 is 10.6 Å². The smallest absolute Gasteiger partial charge is 0.254 e. The number of amides is 1. The van der Waals surface area contributed by atoms with Gasteiger partial charge in [0.1, 0.15) is 0 Å². The molecule has 0 saturated carbocycles. The minimum atomic E-state index is 0.174. The van der Waals surface area contributed by atoms with Crippen LogP contribution in [-0.2, 0) is 6.42 Å². The van der Waals surface area contributed by atoms with Gasteiger partial charge in [0.25, 0.3) is 5.91 Å². The van der Waals surface area contributed by atoms with Crippen LogP contribution in [0.2, 0.25) is 0 Å². The van der Waals surface area contributed by atoms with E-state index in [1.54, 1.807) is 0 Å². The lowest BCUT2D eigenvalue weighted by Crippen LogP contribution is -2.53. The van der Waals surface area contributed by atoms with Crippen LogP contribution in [0, 0.1) is 0 Å². The molecule has 2 rings (SSSR count). The van der Waals surface area contributed by atoms with Crippen LogP contribution in [-0.4, -0.2) is 54.5 Å². The molecule has 1 aromatic rings. The first-order valence-electron chi connectivity index (χ1n) is 8.02. The summed E-state index contributed by atoms with van der Waals surface area (Å²) in [6, 6.07) is 8.39. The summed E-state index contributed by atoms with van der Waals surface area (Å²) in [4.78, 5) is 17.1. The molecule has 0 aliphatic carbocycles. The third-order valence-electron chi connectivity index (χ3n) is 4.49. The average molecular weight is 289 g/mol. The second-order valence-corrected chi connectivity index (χ2v) is 5.64. The molecule has 116 valence electrons. The summed E-state index contributed by atoms with van der Waals surface area (Å²) in [6.07, 6.45) is 1.97. The molecular formula is C17H27N3O. The molecule has 1 atom stereocenters. The second-order valence-electron chi connectivity index (χ2n) is 5.64. The first-order chi connectivity index (χ1) is 10.2. The van der Waals surface area contributed by atoms with E-state index in [1.165, 1.54) is 0 Å². The van der Waals surface area contributed by atoms with E-state index >= 15 is 0 Å². The predicted molar refractivity (Wildman–Crippen MR) is 86.4 cm³/mol. The molecule has 21 heavy (non-hydrogen) atoms. The van der Waals surface area contributed by atoms with Gasteiger partial charge in [0.2, 0.25) is 0 Å². The van der Waals surface area contributed by atoms with Gasteiger partial charge in [-0.2, -0.15) is 0 Å². The van der Waals surface area contributed by atoms with Gasteiger partial charge >= 0.3 is 0 Å². The highest BCUT2D eigenvalue weighted by molar-refractivity contribution is 5.95. The number of nitrogens with zero attached hydrogens (tertiary/aromatic N) is 2. The monoisotopic (exact) mass is 289 g/mol. The molecule has 1 fully saturated rings. The van der Waals surface area contributed by atoms with Gasteiger partial charge in [-0.3, -0.25) is 9.69 Å². The predicted octanol–water partition coefficient (Wildman–Crippen LogP) is 1.74. The van der Waals surface area contributed by atoms with Crippen molar-refractivity contribution in [2.24, 2.45) is 5.73 Å². The largest absolute Gasteiger partial charge is 0.336 e. The topological polar surface area (TPSA) is 49.6 Å². The summed E-state index contributed by atoms with van der Waals surface area (Å²) in [5.74, 6) is 0.174. The van der Waals surface area contributed by atoms with Crippen molar-refractivity contribution in [3.05, 3.63) is 35.4 Å². The summed E-state index contributed by atoms with van der Waals surface area (Å²) >= 11 is 0. The third kappa shape index (κ3) is 3.63. The van der Waals surface area contributed by atoms with Crippen molar-refractivity contribution in [3.63, 3.8) is 0 Å². The van der Waals surface area contributed by atoms with Gasteiger partial charge in [0.15, 0.2) is 0 Å². The zero-order valence-corrected chi connectivity index (χ0v) is 13.2. The van der Waals surface area contributed by atoms with Crippen LogP contribution in [0.4, 0.5) is 0 Å². The van der Waals surface area contributed by atoms with E-state index in [9.17, 15) is 4.79 Å². The highest BCUT2D eigenvalue weighted by atomic mass is 16.2. The number of hydrogen-bond acceptors (Lipinski definition) is 3. The van der Waals surface area contributed by atoms with E-state index in [4.69, 9.17) is 5.73 Å². The summed E-state index contributed by atoms with van der Waals surface area (Å²) in [6.45, 7) is 8.42. The summed E-state index contributed by atoms with van der Waals surface area (Å²) in [7, 11) is 0. The number of carbonyl (C=O) groups is 1. The van der Waals surface area contributed by atoms with Gasteiger partial charge in [0, 0.05) is 44.3 Å². The number of nitrogens with two attached hydrogens (primary N) is 1. The normalized spacial score (nSPS) is 17.8. The van der Waals surface area contributed by atoms with Crippen molar-refractivity contribution in [2.75, 3.05) is 32.7 Å². The van der Waals surface area contributed by atoms with E-state index in [0.29, 0.717) is 12.6 Å².